The molecule has 16 nitrogen and oxygen atoms in total. The first-order chi connectivity index (χ1) is 33.9. The van der Waals surface area contributed by atoms with Crippen LogP contribution in [0.25, 0.3) is 0 Å². The fraction of sp³-hybridized carbons (Fsp3) is 0.296. The maximum absolute atomic E-state index is 13.8. The zero-order valence-corrected chi connectivity index (χ0v) is 39.5. The molecule has 4 aromatic carbocycles. The highest BCUT2D eigenvalue weighted by molar-refractivity contribution is 6.04. The second kappa shape index (κ2) is 21.0. The highest BCUT2D eigenvalue weighted by atomic mass is 16.5. The van der Waals surface area contributed by atoms with Gasteiger partial charge in [-0.05, 0) is 61.4 Å². The molecule has 9 rings (SSSR count). The Morgan fingerprint density at radius 3 is 1.40 bits per heavy atom. The van der Waals surface area contributed by atoms with E-state index in [1.54, 1.807) is 49.7 Å². The monoisotopic (exact) mass is 938 g/mol. The summed E-state index contributed by atoms with van der Waals surface area (Å²) in [6, 6.07) is 28.9. The number of nitrogens with zero attached hydrogens (tertiary/aromatic N) is 8. The van der Waals surface area contributed by atoms with Crippen LogP contribution < -0.4 is 29.9 Å². The van der Waals surface area contributed by atoms with Crippen molar-refractivity contribution in [1.82, 2.24) is 40.0 Å². The Morgan fingerprint density at radius 2 is 1.00 bits per heavy atom. The van der Waals surface area contributed by atoms with Crippen LogP contribution in [0.5, 0.6) is 11.5 Å². The number of carbonyl (C=O) groups excluding carboxylic acids is 4. The van der Waals surface area contributed by atoms with Crippen LogP contribution in [0.4, 0.5) is 11.4 Å². The van der Waals surface area contributed by atoms with E-state index in [-0.39, 0.29) is 11.8 Å². The molecule has 0 spiro atoms. The molecule has 0 saturated carbocycles. The van der Waals surface area contributed by atoms with Crippen molar-refractivity contribution in [3.8, 4) is 35.2 Å². The Labute approximate surface area is 407 Å². The first-order valence-electron chi connectivity index (χ1n) is 23.3. The van der Waals surface area contributed by atoms with E-state index in [1.807, 2.05) is 97.1 Å². The second-order valence-corrected chi connectivity index (χ2v) is 17.7. The van der Waals surface area contributed by atoms with Crippen LogP contribution in [0.2, 0.25) is 0 Å². The van der Waals surface area contributed by atoms with E-state index in [0.717, 1.165) is 48.4 Å². The predicted molar refractivity (Wildman–Crippen MR) is 265 cm³/mol. The third-order valence-corrected chi connectivity index (χ3v) is 12.7. The largest absolute Gasteiger partial charge is 0.486 e. The summed E-state index contributed by atoms with van der Waals surface area (Å²) < 4.78 is 15.8. The Morgan fingerprint density at radius 1 is 0.600 bits per heavy atom. The van der Waals surface area contributed by atoms with E-state index in [4.69, 9.17) is 9.47 Å². The number of piperazine rings is 1. The summed E-state index contributed by atoms with van der Waals surface area (Å²) in [7, 11) is 3.35. The van der Waals surface area contributed by atoms with Crippen LogP contribution in [0.3, 0.4) is 0 Å². The molecular weight excluding hydrogens is 885 g/mol. The van der Waals surface area contributed by atoms with Crippen molar-refractivity contribution in [3.63, 3.8) is 0 Å². The van der Waals surface area contributed by atoms with Gasteiger partial charge in [0.1, 0.15) is 35.8 Å². The van der Waals surface area contributed by atoms with Crippen molar-refractivity contribution in [2.75, 3.05) is 63.2 Å². The molecule has 0 unspecified atom stereocenters. The molecule has 70 heavy (non-hydrogen) atoms. The van der Waals surface area contributed by atoms with Crippen LogP contribution in [0.1, 0.15) is 56.8 Å². The fourth-order valence-corrected chi connectivity index (χ4v) is 8.60. The van der Waals surface area contributed by atoms with Crippen molar-refractivity contribution < 1.29 is 28.7 Å². The molecule has 1 fully saturated rings. The zero-order valence-electron chi connectivity index (χ0n) is 39.5. The van der Waals surface area contributed by atoms with Crippen molar-refractivity contribution >= 4 is 35.0 Å². The average molecular weight is 939 g/mol. The minimum Gasteiger partial charge on any atom is -0.486 e. The number of anilines is 2. The molecule has 0 radical (unpaired) electrons. The van der Waals surface area contributed by atoms with Gasteiger partial charge in [0.25, 0.3) is 23.6 Å². The van der Waals surface area contributed by atoms with E-state index in [0.29, 0.717) is 60.2 Å². The summed E-state index contributed by atoms with van der Waals surface area (Å²) in [6.45, 7) is 9.08. The van der Waals surface area contributed by atoms with Crippen molar-refractivity contribution in [2.24, 2.45) is 0 Å². The molecule has 4 atom stereocenters. The minimum absolute atomic E-state index is 0.298. The third kappa shape index (κ3) is 10.9. The maximum Gasteiger partial charge on any atom is 0.255 e. The lowest BCUT2D eigenvalue weighted by Crippen LogP contribution is -2.53. The van der Waals surface area contributed by atoms with E-state index in [9.17, 15) is 19.2 Å². The second-order valence-electron chi connectivity index (χ2n) is 17.7. The first kappa shape index (κ1) is 46.9. The molecule has 3 aliphatic rings. The van der Waals surface area contributed by atoms with Gasteiger partial charge in [-0.2, -0.15) is 10.2 Å². The van der Waals surface area contributed by atoms with Gasteiger partial charge in [0.15, 0.2) is 0 Å². The van der Waals surface area contributed by atoms with Gasteiger partial charge in [-0.1, -0.05) is 84.3 Å². The summed E-state index contributed by atoms with van der Waals surface area (Å²) in [5.74, 6) is 12.8. The quantitative estimate of drug-likeness (QED) is 0.190. The van der Waals surface area contributed by atoms with Crippen molar-refractivity contribution in [2.45, 2.75) is 51.2 Å². The molecule has 2 aromatic heterocycles. The molecule has 0 bridgehead atoms. The number of benzene rings is 4. The summed E-state index contributed by atoms with van der Waals surface area (Å²) in [5, 5.41) is 14.4. The lowest BCUT2D eigenvalue weighted by Gasteiger charge is -2.32. The number of hydrogen-bond donors (Lipinski definition) is 2. The summed E-state index contributed by atoms with van der Waals surface area (Å²) >= 11 is 0. The predicted octanol–water partition coefficient (Wildman–Crippen LogP) is 4.28. The highest BCUT2D eigenvalue weighted by Gasteiger charge is 2.38. The van der Waals surface area contributed by atoms with Crippen LogP contribution in [-0.4, -0.2) is 131 Å². The van der Waals surface area contributed by atoms with Crippen molar-refractivity contribution in [3.05, 3.63) is 155 Å². The summed E-state index contributed by atoms with van der Waals surface area (Å²) in [6.07, 6.45) is 5.07. The van der Waals surface area contributed by atoms with Crippen molar-refractivity contribution in [1.29, 1.82) is 0 Å². The smallest absolute Gasteiger partial charge is 0.255 e. The van der Waals surface area contributed by atoms with Crippen LogP contribution >= 0.6 is 0 Å². The SMILES string of the molecule is C[C@H]1Oc2ccc(C#CCN3CCN(CC#Cc4ccc5c(c4)N(C)C(=O)[C@@H](NC(=O)c4cnn(Cc6ccccc6)c4)[C@@H](C)O5)CC3)cc2N(C)C(=O)[C@H]1NC(=O)c1cnn(Cc2ccccc2)c1. The Bertz CT molecular complexity index is 2810. The molecule has 4 amide bonds. The van der Waals surface area contributed by atoms with Crippen LogP contribution in [-0.2, 0) is 22.7 Å². The van der Waals surface area contributed by atoms with E-state index in [2.05, 4.69) is 54.3 Å². The normalized spacial score (nSPS) is 19.1. The van der Waals surface area contributed by atoms with Gasteiger partial charge in [-0.25, -0.2) is 0 Å². The topological polar surface area (TPSA) is 159 Å². The average Bonchev–Trinajstić information content (AvgIpc) is 4.02. The van der Waals surface area contributed by atoms with Crippen LogP contribution in [0, 0.1) is 23.7 Å². The summed E-state index contributed by atoms with van der Waals surface area (Å²) in [4.78, 5) is 61.7. The lowest BCUT2D eigenvalue weighted by molar-refractivity contribution is -0.122. The Kier molecular flexibility index (Phi) is 14.1. The van der Waals surface area contributed by atoms with Gasteiger partial charge in [0.2, 0.25) is 0 Å². The molecular formula is C54H54N10O6. The van der Waals surface area contributed by atoms with Gasteiger partial charge >= 0.3 is 0 Å². The Hall–Kier alpha value is -8.18. The van der Waals surface area contributed by atoms with Gasteiger partial charge in [-0.3, -0.25) is 38.3 Å². The number of amides is 4. The van der Waals surface area contributed by atoms with E-state index in [1.165, 1.54) is 22.2 Å². The molecule has 6 aromatic rings. The minimum atomic E-state index is -0.921. The molecule has 1 saturated heterocycles. The molecule has 0 aliphatic carbocycles. The van der Waals surface area contributed by atoms with E-state index >= 15 is 0 Å². The standard InChI is InChI=1S/C54H54N10O6/c1-37-49(57-51(65)43-31-55-63(35-43)33-41-13-7-5-8-14-41)53(67)59(3)45-29-39(19-21-47(45)69-37)17-11-23-61-25-27-62(28-26-61)24-12-18-40-20-22-48-46(30-40)60(4)54(68)50(38(2)70-48)58-52(66)44-32-56-64(36-44)34-42-15-9-6-10-16-42/h5-10,13-16,19-22,29-32,35-38,49-50H,23-28,33-34H2,1-4H3,(H,57,65)(H,58,66)/t37-,38-,49+,50+/m1/s1. The first-order valence-corrected chi connectivity index (χ1v) is 23.3. The lowest BCUT2D eigenvalue weighted by atomic mass is 10.1. The number of aromatic nitrogens is 4. The number of likely N-dealkylation sites (N-methyl/N-ethyl adjacent to an activating group) is 2. The number of rotatable bonds is 10. The molecule has 5 heterocycles. The molecule has 356 valence electrons. The number of fused-ring (bicyclic) bond motifs is 2. The van der Waals surface area contributed by atoms with Gasteiger partial charge in [0.05, 0.1) is 61.1 Å². The molecule has 3 aliphatic heterocycles. The third-order valence-electron chi connectivity index (χ3n) is 12.7. The number of ether oxygens (including phenoxy) is 2. The molecule has 16 heteroatoms. The number of nitrogens with one attached hydrogen (secondary N) is 2. The maximum atomic E-state index is 13.8. The van der Waals surface area contributed by atoms with E-state index < -0.39 is 36.1 Å². The zero-order chi connectivity index (χ0) is 48.7. The Balaban J connectivity index is 0.739. The van der Waals surface area contributed by atoms with Gasteiger partial charge in [-0.15, -0.1) is 0 Å². The summed E-state index contributed by atoms with van der Waals surface area (Å²) in [5.41, 5.74) is 5.47. The van der Waals surface area contributed by atoms with Gasteiger partial charge in [0, 0.05) is 63.8 Å². The number of carbonyl (C=O) groups is 4. The highest BCUT2D eigenvalue weighted by Crippen LogP contribution is 2.35. The molecule has 2 N–H and O–H groups in total. The van der Waals surface area contributed by atoms with Gasteiger partial charge < -0.3 is 29.9 Å². The van der Waals surface area contributed by atoms with Crippen LogP contribution in [0.15, 0.2) is 122 Å². The fourth-order valence-electron chi connectivity index (χ4n) is 8.60. The number of hydrogen-bond acceptors (Lipinski definition) is 10.